The van der Waals surface area contributed by atoms with E-state index in [1.165, 1.54) is 22.4 Å². The van der Waals surface area contributed by atoms with Crippen molar-refractivity contribution in [3.8, 4) is 22.3 Å². The fraction of sp³-hybridized carbons (Fsp3) is 0.212. The molecular formula is C33H30Cl3N7O6S2. The van der Waals surface area contributed by atoms with Crippen molar-refractivity contribution < 1.29 is 16.8 Å². The Kier molecular flexibility index (Phi) is 10.9. The number of hydrogen-bond donors (Lipinski definition) is 1. The summed E-state index contributed by atoms with van der Waals surface area (Å²) < 4.78 is 49.1. The molecule has 1 unspecified atom stereocenters. The predicted octanol–water partition coefficient (Wildman–Crippen LogP) is 4.72. The van der Waals surface area contributed by atoms with Crippen LogP contribution in [0.5, 0.6) is 0 Å². The van der Waals surface area contributed by atoms with Gasteiger partial charge in [0.2, 0.25) is 20.9 Å². The summed E-state index contributed by atoms with van der Waals surface area (Å²) in [5, 5.41) is 4.93. The quantitative estimate of drug-likeness (QED) is 0.239. The topological polar surface area (TPSA) is 176 Å². The van der Waals surface area contributed by atoms with Crippen LogP contribution >= 0.6 is 35.6 Å². The first kappa shape index (κ1) is 37.8. The molecule has 0 bridgehead atoms. The lowest BCUT2D eigenvalue weighted by Crippen LogP contribution is -2.23. The SMILES string of the molecule is Cl.Cn1c(=O)c(-c2ccccc2Cl)cc2cnc(NC3CCS(=O)(=O)C3)nc21.Cn1c(=O)c(-c2ccccc2Cl)cc2cnc(S(C)(=O)=O)nc21. The number of nitrogens with zero attached hydrogens (tertiary/aromatic N) is 6. The highest BCUT2D eigenvalue weighted by molar-refractivity contribution is 7.91. The van der Waals surface area contributed by atoms with Crippen molar-refractivity contribution in [1.82, 2.24) is 29.1 Å². The molecule has 51 heavy (non-hydrogen) atoms. The molecule has 1 aliphatic heterocycles. The summed E-state index contributed by atoms with van der Waals surface area (Å²) in [5.74, 6) is 0.543. The summed E-state index contributed by atoms with van der Waals surface area (Å²) in [6.07, 6.45) is 4.55. The molecule has 1 atom stereocenters. The highest BCUT2D eigenvalue weighted by Crippen LogP contribution is 2.28. The van der Waals surface area contributed by atoms with E-state index in [0.29, 0.717) is 61.1 Å². The van der Waals surface area contributed by atoms with E-state index in [1.54, 1.807) is 61.8 Å². The lowest BCUT2D eigenvalue weighted by atomic mass is 10.1. The molecule has 4 aromatic heterocycles. The van der Waals surface area contributed by atoms with Crippen LogP contribution in [0.25, 0.3) is 44.3 Å². The Morgan fingerprint density at radius 2 is 1.27 bits per heavy atom. The Labute approximate surface area is 308 Å². The number of fused-ring (bicyclic) bond motifs is 2. The second-order valence-corrected chi connectivity index (χ2v) is 16.7. The highest BCUT2D eigenvalue weighted by atomic mass is 35.5. The zero-order valence-corrected chi connectivity index (χ0v) is 31.2. The number of rotatable bonds is 5. The van der Waals surface area contributed by atoms with Crippen LogP contribution in [-0.2, 0) is 33.8 Å². The Morgan fingerprint density at radius 3 is 1.75 bits per heavy atom. The molecule has 266 valence electrons. The maximum absolute atomic E-state index is 12.8. The van der Waals surface area contributed by atoms with Gasteiger partial charge in [-0.1, -0.05) is 59.6 Å². The molecule has 13 nitrogen and oxygen atoms in total. The van der Waals surface area contributed by atoms with Crippen molar-refractivity contribution in [2.45, 2.75) is 17.6 Å². The zero-order chi connectivity index (χ0) is 36.0. The first-order valence-electron chi connectivity index (χ1n) is 15.0. The number of benzene rings is 2. The molecule has 5 heterocycles. The molecule has 18 heteroatoms. The molecule has 0 aliphatic carbocycles. The van der Waals surface area contributed by atoms with Gasteiger partial charge in [-0.15, -0.1) is 12.4 Å². The van der Waals surface area contributed by atoms with Crippen LogP contribution in [0.1, 0.15) is 6.42 Å². The molecular weight excluding hydrogens is 761 g/mol. The van der Waals surface area contributed by atoms with E-state index in [9.17, 15) is 26.4 Å². The summed E-state index contributed by atoms with van der Waals surface area (Å²) in [4.78, 5) is 42.0. The monoisotopic (exact) mass is 789 g/mol. The lowest BCUT2D eigenvalue weighted by Gasteiger charge is -2.13. The van der Waals surface area contributed by atoms with Crippen LogP contribution in [0.3, 0.4) is 0 Å². The third kappa shape index (κ3) is 7.92. The van der Waals surface area contributed by atoms with Gasteiger partial charge < -0.3 is 5.32 Å². The number of aromatic nitrogens is 6. The Bertz CT molecular complexity index is 2670. The number of pyridine rings is 2. The largest absolute Gasteiger partial charge is 0.350 e. The maximum atomic E-state index is 12.8. The molecule has 0 radical (unpaired) electrons. The standard InChI is InChI=1S/C18H17ClN4O3S.C15H12ClN3O3S.ClH/c1-23-16-11(8-14(17(23)24)13-4-2-3-5-15(13)19)9-20-18(22-16)21-12-6-7-27(25,26)10-12;1-19-13-9(8-17-15(18-13)23(2,21)22)7-11(14(19)20)10-5-3-4-6-12(10)16;/h2-5,8-9,12H,6-7,10H2,1H3,(H,20,21,22);3-8H,1-2H3;1H. The Morgan fingerprint density at radius 1 is 0.784 bits per heavy atom. The molecule has 0 spiro atoms. The summed E-state index contributed by atoms with van der Waals surface area (Å²) in [6, 6.07) is 17.3. The first-order chi connectivity index (χ1) is 23.6. The van der Waals surface area contributed by atoms with E-state index >= 15 is 0 Å². The van der Waals surface area contributed by atoms with Gasteiger partial charge in [-0.05, 0) is 30.7 Å². The third-order valence-electron chi connectivity index (χ3n) is 8.10. The predicted molar refractivity (Wildman–Crippen MR) is 201 cm³/mol. The minimum Gasteiger partial charge on any atom is -0.350 e. The maximum Gasteiger partial charge on any atom is 0.259 e. The second-order valence-electron chi connectivity index (χ2n) is 11.7. The van der Waals surface area contributed by atoms with Crippen molar-refractivity contribution in [2.75, 3.05) is 23.1 Å². The number of aryl methyl sites for hydroxylation is 2. The van der Waals surface area contributed by atoms with Crippen molar-refractivity contribution in [3.05, 3.63) is 104 Å². The van der Waals surface area contributed by atoms with Gasteiger partial charge in [0, 0.05) is 81.9 Å². The number of hydrogen-bond acceptors (Lipinski definition) is 11. The molecule has 1 aliphatic rings. The number of anilines is 1. The van der Waals surface area contributed by atoms with Crippen LogP contribution in [-0.4, -0.2) is 69.7 Å². The minimum atomic E-state index is -3.55. The van der Waals surface area contributed by atoms with Gasteiger partial charge in [-0.3, -0.25) is 18.7 Å². The van der Waals surface area contributed by atoms with Gasteiger partial charge in [-0.2, -0.15) is 9.97 Å². The van der Waals surface area contributed by atoms with E-state index in [0.717, 1.165) is 6.26 Å². The van der Waals surface area contributed by atoms with E-state index in [-0.39, 0.29) is 51.9 Å². The van der Waals surface area contributed by atoms with Gasteiger partial charge >= 0.3 is 0 Å². The number of sulfone groups is 2. The summed E-state index contributed by atoms with van der Waals surface area (Å²) in [7, 11) is -3.38. The van der Waals surface area contributed by atoms with Gasteiger partial charge in [0.1, 0.15) is 11.3 Å². The van der Waals surface area contributed by atoms with Crippen molar-refractivity contribution in [3.63, 3.8) is 0 Å². The van der Waals surface area contributed by atoms with Gasteiger partial charge in [-0.25, -0.2) is 26.8 Å². The van der Waals surface area contributed by atoms with E-state index in [4.69, 9.17) is 23.2 Å². The lowest BCUT2D eigenvalue weighted by molar-refractivity contribution is 0.593. The fourth-order valence-corrected chi connectivity index (χ4v) is 8.21. The molecule has 2 aromatic carbocycles. The van der Waals surface area contributed by atoms with Crippen molar-refractivity contribution in [2.24, 2.45) is 14.1 Å². The van der Waals surface area contributed by atoms with Gasteiger partial charge in [0.05, 0.1) is 11.5 Å². The fourth-order valence-electron chi connectivity index (χ4n) is 5.56. The van der Waals surface area contributed by atoms with Crippen LogP contribution in [0.15, 0.2) is 87.8 Å². The Hall–Kier alpha value is -4.41. The molecule has 0 saturated carbocycles. The molecule has 7 rings (SSSR count). The zero-order valence-electron chi connectivity index (χ0n) is 27.2. The summed E-state index contributed by atoms with van der Waals surface area (Å²) in [6.45, 7) is 0. The average Bonchev–Trinajstić information content (AvgIpc) is 3.42. The Balaban J connectivity index is 0.000000196. The van der Waals surface area contributed by atoms with E-state index < -0.39 is 19.7 Å². The molecule has 0 amide bonds. The van der Waals surface area contributed by atoms with Gasteiger partial charge in [0.25, 0.3) is 11.1 Å². The number of halogens is 3. The smallest absolute Gasteiger partial charge is 0.259 e. The van der Waals surface area contributed by atoms with Crippen LogP contribution in [0, 0.1) is 0 Å². The molecule has 6 aromatic rings. The van der Waals surface area contributed by atoms with Crippen LogP contribution in [0.2, 0.25) is 10.0 Å². The third-order valence-corrected chi connectivity index (χ3v) is 11.4. The summed E-state index contributed by atoms with van der Waals surface area (Å²) in [5.41, 5.74) is 2.31. The molecule has 1 N–H and O–H groups in total. The van der Waals surface area contributed by atoms with E-state index in [1.807, 2.05) is 12.1 Å². The number of nitrogens with one attached hydrogen (secondary N) is 1. The average molecular weight is 791 g/mol. The van der Waals surface area contributed by atoms with E-state index in [2.05, 4.69) is 25.3 Å². The highest BCUT2D eigenvalue weighted by Gasteiger charge is 2.28. The van der Waals surface area contributed by atoms with Crippen LogP contribution < -0.4 is 16.4 Å². The van der Waals surface area contributed by atoms with Crippen molar-refractivity contribution in [1.29, 1.82) is 0 Å². The van der Waals surface area contributed by atoms with Crippen molar-refractivity contribution >= 4 is 83.3 Å². The molecule has 1 fully saturated rings. The summed E-state index contributed by atoms with van der Waals surface area (Å²) >= 11 is 12.4. The first-order valence-corrected chi connectivity index (χ1v) is 19.5. The normalized spacial score (nSPS) is 15.2. The second kappa shape index (κ2) is 14.7. The van der Waals surface area contributed by atoms with Gasteiger partial charge in [0.15, 0.2) is 9.84 Å². The molecule has 1 saturated heterocycles. The van der Waals surface area contributed by atoms with Crippen LogP contribution in [0.4, 0.5) is 5.95 Å². The minimum absolute atomic E-state index is 0.